The van der Waals surface area contributed by atoms with Crippen molar-refractivity contribution in [2.45, 2.75) is 24.9 Å². The Kier molecular flexibility index (Phi) is 7.13. The molecule has 6 nitrogen and oxygen atoms in total. The second-order valence-electron chi connectivity index (χ2n) is 9.99. The van der Waals surface area contributed by atoms with Gasteiger partial charge in [-0.1, -0.05) is 94.8 Å². The van der Waals surface area contributed by atoms with Crippen molar-refractivity contribution in [1.29, 1.82) is 0 Å². The van der Waals surface area contributed by atoms with Crippen molar-refractivity contribution in [3.63, 3.8) is 0 Å². The molecule has 1 unspecified atom stereocenters. The Bertz CT molecular complexity index is 1660. The first-order chi connectivity index (χ1) is 19.5. The van der Waals surface area contributed by atoms with Crippen LogP contribution in [0.2, 0.25) is 0 Å². The summed E-state index contributed by atoms with van der Waals surface area (Å²) in [6.45, 7) is 0.768. The molecule has 200 valence electrons. The molecule has 2 N–H and O–H groups in total. The largest absolute Gasteiger partial charge is 0.480 e. The van der Waals surface area contributed by atoms with Crippen molar-refractivity contribution < 1.29 is 19.4 Å². The zero-order valence-corrected chi connectivity index (χ0v) is 23.2. The van der Waals surface area contributed by atoms with Crippen molar-refractivity contribution in [3.05, 3.63) is 130 Å². The summed E-state index contributed by atoms with van der Waals surface area (Å²) in [5.41, 5.74) is 7.45. The number of hydrogen-bond donors (Lipinski definition) is 2. The van der Waals surface area contributed by atoms with Gasteiger partial charge in [0.25, 0.3) is 0 Å². The second-order valence-corrected chi connectivity index (χ2v) is 10.9. The van der Waals surface area contributed by atoms with Crippen LogP contribution in [0.5, 0.6) is 0 Å². The molecule has 40 heavy (non-hydrogen) atoms. The third-order valence-corrected chi connectivity index (χ3v) is 8.02. The van der Waals surface area contributed by atoms with E-state index in [1.807, 2.05) is 79.0 Å². The van der Waals surface area contributed by atoms with Gasteiger partial charge in [0.2, 0.25) is 0 Å². The van der Waals surface area contributed by atoms with Gasteiger partial charge in [-0.15, -0.1) is 0 Å². The molecule has 0 bridgehead atoms. The Morgan fingerprint density at radius 2 is 1.50 bits per heavy atom. The van der Waals surface area contributed by atoms with Gasteiger partial charge < -0.3 is 19.7 Å². The van der Waals surface area contributed by atoms with Crippen LogP contribution < -0.4 is 5.32 Å². The summed E-state index contributed by atoms with van der Waals surface area (Å²) in [7, 11) is 0. The maximum Gasteiger partial charge on any atom is 0.407 e. The van der Waals surface area contributed by atoms with Gasteiger partial charge in [0.1, 0.15) is 12.6 Å². The van der Waals surface area contributed by atoms with Gasteiger partial charge in [-0.2, -0.15) is 0 Å². The highest BCUT2D eigenvalue weighted by molar-refractivity contribution is 9.10. The number of hydrogen-bond acceptors (Lipinski definition) is 3. The Morgan fingerprint density at radius 1 is 0.875 bits per heavy atom. The van der Waals surface area contributed by atoms with Crippen LogP contribution >= 0.6 is 15.9 Å². The molecule has 1 atom stereocenters. The SMILES string of the molecule is O=C(NC(Cc1cn(Cc2ccc(Br)cc2)c2ccccc12)C(=O)O)OCC1c2ccccc2-c2ccccc21. The van der Waals surface area contributed by atoms with Crippen LogP contribution in [-0.2, 0) is 22.5 Å². The molecule has 1 aliphatic carbocycles. The van der Waals surface area contributed by atoms with Crippen LogP contribution in [0.4, 0.5) is 4.79 Å². The lowest BCUT2D eigenvalue weighted by molar-refractivity contribution is -0.139. The topological polar surface area (TPSA) is 80.6 Å². The molecule has 0 aliphatic heterocycles. The predicted molar refractivity (Wildman–Crippen MR) is 159 cm³/mol. The molecule has 1 aliphatic rings. The van der Waals surface area contributed by atoms with Gasteiger partial charge in [0.15, 0.2) is 0 Å². The zero-order valence-electron chi connectivity index (χ0n) is 21.6. The minimum atomic E-state index is -1.14. The normalized spacial score (nSPS) is 13.0. The molecule has 4 aromatic carbocycles. The standard InChI is InChI=1S/C33H27BrN2O4/c34-23-15-13-21(14-16-23)18-36-19-22(24-7-5-6-12-31(24)36)17-30(32(37)38)35-33(39)40-20-29-27-10-3-1-8-25(27)26-9-2-4-11-28(26)29/h1-16,19,29-30H,17-18,20H2,(H,35,39)(H,37,38). The van der Waals surface area contributed by atoms with Crippen LogP contribution in [0, 0.1) is 0 Å². The van der Waals surface area contributed by atoms with E-state index >= 15 is 0 Å². The number of carbonyl (C=O) groups is 2. The van der Waals surface area contributed by atoms with Crippen molar-refractivity contribution in [2.24, 2.45) is 0 Å². The summed E-state index contributed by atoms with van der Waals surface area (Å²) >= 11 is 3.47. The maximum atomic E-state index is 12.9. The molecule has 5 aromatic rings. The van der Waals surface area contributed by atoms with E-state index in [-0.39, 0.29) is 18.9 Å². The fourth-order valence-corrected chi connectivity index (χ4v) is 5.87. The average molecular weight is 595 g/mol. The highest BCUT2D eigenvalue weighted by atomic mass is 79.9. The molecule has 1 heterocycles. The summed E-state index contributed by atoms with van der Waals surface area (Å²) in [4.78, 5) is 25.1. The average Bonchev–Trinajstić information content (AvgIpc) is 3.48. The molecular formula is C33H27BrN2O4. The number of carboxylic acids is 1. The maximum absolute atomic E-state index is 12.9. The quantitative estimate of drug-likeness (QED) is 0.203. The van der Waals surface area contributed by atoms with E-state index in [0.29, 0.717) is 6.54 Å². The third-order valence-electron chi connectivity index (χ3n) is 7.50. The van der Waals surface area contributed by atoms with Crippen molar-refractivity contribution >= 4 is 38.9 Å². The number of benzene rings is 4. The Morgan fingerprint density at radius 3 is 2.17 bits per heavy atom. The Hall–Kier alpha value is -4.36. The minimum Gasteiger partial charge on any atom is -0.480 e. The highest BCUT2D eigenvalue weighted by Gasteiger charge is 2.30. The van der Waals surface area contributed by atoms with E-state index in [1.54, 1.807) is 0 Å². The van der Waals surface area contributed by atoms with E-state index in [0.717, 1.165) is 48.8 Å². The monoisotopic (exact) mass is 594 g/mol. The summed E-state index contributed by atoms with van der Waals surface area (Å²) < 4.78 is 8.74. The van der Waals surface area contributed by atoms with E-state index in [9.17, 15) is 14.7 Å². The van der Waals surface area contributed by atoms with Crippen LogP contribution in [0.3, 0.4) is 0 Å². The number of rotatable bonds is 8. The van der Waals surface area contributed by atoms with E-state index in [1.165, 1.54) is 0 Å². The van der Waals surface area contributed by atoms with Crippen molar-refractivity contribution in [3.8, 4) is 11.1 Å². The molecule has 7 heteroatoms. The minimum absolute atomic E-state index is 0.0991. The number of amides is 1. The van der Waals surface area contributed by atoms with E-state index < -0.39 is 18.1 Å². The molecular weight excluding hydrogens is 568 g/mol. The predicted octanol–water partition coefficient (Wildman–Crippen LogP) is 6.99. The number of carbonyl (C=O) groups excluding carboxylic acids is 1. The first kappa shape index (κ1) is 25.9. The van der Waals surface area contributed by atoms with Gasteiger partial charge in [-0.25, -0.2) is 9.59 Å². The first-order valence-corrected chi connectivity index (χ1v) is 13.9. The van der Waals surface area contributed by atoms with Gasteiger partial charge >= 0.3 is 12.1 Å². The molecule has 0 fully saturated rings. The van der Waals surface area contributed by atoms with Crippen LogP contribution in [0.1, 0.15) is 28.2 Å². The lowest BCUT2D eigenvalue weighted by atomic mass is 9.98. The summed E-state index contributed by atoms with van der Waals surface area (Å²) in [5, 5.41) is 13.5. The number of carboxylic acid groups (broad SMARTS) is 1. The number of aromatic nitrogens is 1. The number of halogens is 1. The molecule has 0 radical (unpaired) electrons. The molecule has 6 rings (SSSR count). The van der Waals surface area contributed by atoms with Crippen LogP contribution in [0.25, 0.3) is 22.0 Å². The number of fused-ring (bicyclic) bond motifs is 4. The van der Waals surface area contributed by atoms with Crippen LogP contribution in [-0.4, -0.2) is 34.4 Å². The summed E-state index contributed by atoms with van der Waals surface area (Å²) in [6.07, 6.45) is 1.36. The Labute approximate surface area is 240 Å². The summed E-state index contributed by atoms with van der Waals surface area (Å²) in [6, 6.07) is 31.1. The smallest absolute Gasteiger partial charge is 0.407 e. The molecule has 0 saturated carbocycles. The fourth-order valence-electron chi connectivity index (χ4n) is 5.61. The zero-order chi connectivity index (χ0) is 27.6. The number of para-hydroxylation sites is 1. The number of aliphatic carboxylic acids is 1. The van der Waals surface area contributed by atoms with Crippen molar-refractivity contribution in [1.82, 2.24) is 9.88 Å². The van der Waals surface area contributed by atoms with Crippen molar-refractivity contribution in [2.75, 3.05) is 6.61 Å². The highest BCUT2D eigenvalue weighted by Crippen LogP contribution is 2.44. The lowest BCUT2D eigenvalue weighted by Crippen LogP contribution is -2.42. The first-order valence-electron chi connectivity index (χ1n) is 13.1. The van der Waals surface area contributed by atoms with Gasteiger partial charge in [0, 0.05) is 40.5 Å². The van der Waals surface area contributed by atoms with Gasteiger partial charge in [-0.3, -0.25) is 0 Å². The molecule has 0 saturated heterocycles. The van der Waals surface area contributed by atoms with E-state index in [2.05, 4.69) is 50.1 Å². The van der Waals surface area contributed by atoms with Gasteiger partial charge in [-0.05, 0) is 51.6 Å². The molecule has 0 spiro atoms. The number of nitrogens with one attached hydrogen (secondary N) is 1. The third kappa shape index (κ3) is 5.12. The second kappa shape index (κ2) is 11.0. The lowest BCUT2D eigenvalue weighted by Gasteiger charge is -2.17. The molecule has 1 aromatic heterocycles. The number of nitrogens with zero attached hydrogens (tertiary/aromatic N) is 1. The fraction of sp³-hybridized carbons (Fsp3) is 0.152. The number of alkyl carbamates (subject to hydrolysis) is 1. The summed E-state index contributed by atoms with van der Waals surface area (Å²) in [5.74, 6) is -1.21. The van der Waals surface area contributed by atoms with Crippen LogP contribution in [0.15, 0.2) is 108 Å². The Balaban J connectivity index is 1.17. The number of ether oxygens (including phenoxy) is 1. The van der Waals surface area contributed by atoms with Gasteiger partial charge in [0.05, 0.1) is 0 Å². The van der Waals surface area contributed by atoms with E-state index in [4.69, 9.17) is 4.74 Å². The molecule has 1 amide bonds.